The smallest absolute Gasteiger partial charge is 0.113 e. The van der Waals surface area contributed by atoms with Crippen molar-refractivity contribution >= 4 is 0 Å². The average Bonchev–Trinajstić information content (AvgIpc) is 3.36. The second-order valence-corrected chi connectivity index (χ2v) is 6.18. The van der Waals surface area contributed by atoms with E-state index in [1.807, 2.05) is 45.9 Å². The van der Waals surface area contributed by atoms with E-state index in [9.17, 15) is 0 Å². The van der Waals surface area contributed by atoms with Crippen LogP contribution in [0.3, 0.4) is 0 Å². The Morgan fingerprint density at radius 1 is 0.880 bits per heavy atom. The molecule has 3 heterocycles. The summed E-state index contributed by atoms with van der Waals surface area (Å²) in [6.45, 7) is 1.54. The fraction of sp³-hybridized carbons (Fsp3) is 0.158. The van der Waals surface area contributed by atoms with Crippen molar-refractivity contribution in [1.82, 2.24) is 30.0 Å². The summed E-state index contributed by atoms with van der Waals surface area (Å²) in [6.07, 6.45) is 2.76. The van der Waals surface area contributed by atoms with Gasteiger partial charge in [0.1, 0.15) is 5.69 Å². The minimum atomic E-state index is 0.730. The highest BCUT2D eigenvalue weighted by Crippen LogP contribution is 2.32. The summed E-state index contributed by atoms with van der Waals surface area (Å²) in [5.41, 5.74) is 6.67. The van der Waals surface area contributed by atoms with Crippen molar-refractivity contribution in [3.63, 3.8) is 0 Å². The number of rotatable bonds is 4. The molecule has 1 aliphatic heterocycles. The molecule has 0 aliphatic carbocycles. The number of aromatic nitrogens is 6. The van der Waals surface area contributed by atoms with E-state index in [0.717, 1.165) is 42.2 Å². The summed E-state index contributed by atoms with van der Waals surface area (Å²) >= 11 is 0. The Bertz CT molecular complexity index is 1030. The topological polar surface area (TPSA) is 61.4 Å². The highest BCUT2D eigenvalue weighted by atomic mass is 15.4. The van der Waals surface area contributed by atoms with Crippen molar-refractivity contribution in [2.75, 3.05) is 0 Å². The lowest BCUT2D eigenvalue weighted by Crippen LogP contribution is -2.03. The minimum Gasteiger partial charge on any atom is -0.252 e. The van der Waals surface area contributed by atoms with Gasteiger partial charge in [0.2, 0.25) is 0 Å². The van der Waals surface area contributed by atoms with Crippen molar-refractivity contribution in [2.24, 2.45) is 0 Å². The number of aryl methyl sites for hydroxylation is 2. The van der Waals surface area contributed by atoms with Crippen LogP contribution in [0.1, 0.15) is 11.3 Å². The lowest BCUT2D eigenvalue weighted by molar-refractivity contribution is 0.583. The van der Waals surface area contributed by atoms with Crippen LogP contribution in [0.5, 0.6) is 0 Å². The summed E-state index contributed by atoms with van der Waals surface area (Å²) in [7, 11) is 0. The maximum Gasteiger partial charge on any atom is 0.113 e. The molecule has 2 aromatic heterocycles. The molecule has 0 amide bonds. The average molecular weight is 328 g/mol. The molecule has 0 spiro atoms. The summed E-state index contributed by atoms with van der Waals surface area (Å²) in [5.74, 6) is 0. The third-order valence-electron chi connectivity index (χ3n) is 4.58. The van der Waals surface area contributed by atoms with Gasteiger partial charge in [-0.2, -0.15) is 0 Å². The predicted octanol–water partition coefficient (Wildman–Crippen LogP) is 2.81. The van der Waals surface area contributed by atoms with Gasteiger partial charge in [0.05, 0.1) is 24.1 Å². The largest absolute Gasteiger partial charge is 0.252 e. The molecular weight excluding hydrogens is 312 g/mol. The quantitative estimate of drug-likeness (QED) is 0.509. The monoisotopic (exact) mass is 328 g/mol. The van der Waals surface area contributed by atoms with Crippen molar-refractivity contribution in [1.29, 1.82) is 0 Å². The zero-order chi connectivity index (χ0) is 16.6. The van der Waals surface area contributed by atoms with Gasteiger partial charge in [0.25, 0.3) is 0 Å². The lowest BCUT2D eigenvalue weighted by atomic mass is 10.1. The Morgan fingerprint density at radius 3 is 2.64 bits per heavy atom. The van der Waals surface area contributed by atoms with E-state index in [-0.39, 0.29) is 0 Å². The first-order valence-corrected chi connectivity index (χ1v) is 8.35. The Balaban J connectivity index is 1.37. The molecule has 0 radical (unpaired) electrons. The Hall–Kier alpha value is -3.28. The first kappa shape index (κ1) is 14.1. The van der Waals surface area contributed by atoms with Gasteiger partial charge in [-0.05, 0) is 5.56 Å². The van der Waals surface area contributed by atoms with Gasteiger partial charge < -0.3 is 0 Å². The van der Waals surface area contributed by atoms with Crippen LogP contribution in [0.15, 0.2) is 60.8 Å². The molecule has 122 valence electrons. The first-order chi connectivity index (χ1) is 12.4. The molecule has 0 saturated carbocycles. The zero-order valence-electron chi connectivity index (χ0n) is 13.6. The van der Waals surface area contributed by atoms with Crippen molar-refractivity contribution in [3.8, 4) is 22.5 Å². The van der Waals surface area contributed by atoms with E-state index < -0.39 is 0 Å². The Labute approximate surface area is 144 Å². The first-order valence-electron chi connectivity index (χ1n) is 8.35. The predicted molar refractivity (Wildman–Crippen MR) is 93.7 cm³/mol. The summed E-state index contributed by atoms with van der Waals surface area (Å²) in [5, 5.41) is 17.2. The Kier molecular flexibility index (Phi) is 3.19. The van der Waals surface area contributed by atoms with E-state index in [1.165, 1.54) is 11.1 Å². The fourth-order valence-electron chi connectivity index (χ4n) is 3.34. The fourth-order valence-corrected chi connectivity index (χ4v) is 3.34. The molecule has 4 aromatic rings. The van der Waals surface area contributed by atoms with Gasteiger partial charge in [-0.15, -0.1) is 10.2 Å². The second-order valence-electron chi connectivity index (χ2n) is 6.18. The summed E-state index contributed by atoms with van der Waals surface area (Å²) in [4.78, 5) is 0. The van der Waals surface area contributed by atoms with E-state index in [1.54, 1.807) is 0 Å². The lowest BCUT2D eigenvalue weighted by Gasteiger charge is -2.01. The molecule has 0 N–H and O–H groups in total. The zero-order valence-corrected chi connectivity index (χ0v) is 13.6. The molecule has 6 heteroatoms. The number of hydrogen-bond donors (Lipinski definition) is 0. The highest BCUT2D eigenvalue weighted by Gasteiger charge is 2.23. The van der Waals surface area contributed by atoms with Crippen molar-refractivity contribution in [3.05, 3.63) is 72.1 Å². The molecule has 1 aliphatic rings. The van der Waals surface area contributed by atoms with Crippen molar-refractivity contribution < 1.29 is 0 Å². The molecular formula is C19H16N6. The molecule has 0 unspecified atom stereocenters. The minimum absolute atomic E-state index is 0.730. The van der Waals surface area contributed by atoms with Gasteiger partial charge in [0, 0.05) is 24.1 Å². The molecule has 0 fully saturated rings. The van der Waals surface area contributed by atoms with Crippen LogP contribution in [-0.2, 0) is 19.5 Å². The Morgan fingerprint density at radius 2 is 1.72 bits per heavy atom. The summed E-state index contributed by atoms with van der Waals surface area (Å²) in [6, 6.07) is 18.5. The number of benzene rings is 2. The van der Waals surface area contributed by atoms with Gasteiger partial charge in [0.15, 0.2) is 0 Å². The van der Waals surface area contributed by atoms with Crippen LogP contribution < -0.4 is 0 Å². The van der Waals surface area contributed by atoms with Crippen LogP contribution in [0.4, 0.5) is 0 Å². The van der Waals surface area contributed by atoms with Gasteiger partial charge in [-0.1, -0.05) is 65.0 Å². The van der Waals surface area contributed by atoms with E-state index in [4.69, 9.17) is 0 Å². The van der Waals surface area contributed by atoms with Crippen LogP contribution >= 0.6 is 0 Å². The van der Waals surface area contributed by atoms with Crippen LogP contribution in [0.25, 0.3) is 22.5 Å². The summed E-state index contributed by atoms with van der Waals surface area (Å²) < 4.78 is 3.85. The third kappa shape index (κ3) is 2.42. The molecule has 0 bridgehead atoms. The maximum absolute atomic E-state index is 4.37. The number of fused-ring (bicyclic) bond motifs is 3. The van der Waals surface area contributed by atoms with Gasteiger partial charge in [-0.3, -0.25) is 4.68 Å². The molecule has 2 aromatic carbocycles. The molecule has 6 nitrogen and oxygen atoms in total. The van der Waals surface area contributed by atoms with E-state index in [0.29, 0.717) is 0 Å². The van der Waals surface area contributed by atoms with Gasteiger partial charge >= 0.3 is 0 Å². The molecule has 5 rings (SSSR count). The molecule has 25 heavy (non-hydrogen) atoms. The normalized spacial score (nSPS) is 12.2. The molecule has 0 saturated heterocycles. The van der Waals surface area contributed by atoms with Crippen LogP contribution in [0, 0.1) is 0 Å². The van der Waals surface area contributed by atoms with Crippen molar-refractivity contribution in [2.45, 2.75) is 19.5 Å². The van der Waals surface area contributed by atoms with E-state index in [2.05, 4.69) is 44.9 Å². The third-order valence-corrected chi connectivity index (χ3v) is 4.58. The number of hydrogen-bond acceptors (Lipinski definition) is 4. The van der Waals surface area contributed by atoms with E-state index >= 15 is 0 Å². The SMILES string of the molecule is c1ccc(-c2cn(CCc3nnn4c3-c3ccccc3C4)nn2)cc1. The highest BCUT2D eigenvalue weighted by molar-refractivity contribution is 5.69. The maximum atomic E-state index is 4.37. The van der Waals surface area contributed by atoms with Crippen LogP contribution in [0.2, 0.25) is 0 Å². The van der Waals surface area contributed by atoms with Gasteiger partial charge in [-0.25, -0.2) is 4.68 Å². The van der Waals surface area contributed by atoms with Crippen LogP contribution in [-0.4, -0.2) is 30.0 Å². The second kappa shape index (κ2) is 5.66. The molecule has 0 atom stereocenters. The number of nitrogens with zero attached hydrogens (tertiary/aromatic N) is 6. The standard InChI is InChI=1S/C19H16N6/c1-2-6-14(7-3-1)18-13-24(22-21-18)11-10-17-19-16-9-5-4-8-15(16)12-25(19)23-20-17/h1-9,13H,10-12H2.